The minimum atomic E-state index is 0.193. The average Bonchev–Trinajstić information content (AvgIpc) is 2.21. The lowest BCUT2D eigenvalue weighted by molar-refractivity contribution is 0.436. The normalized spacial score (nSPS) is 10.9. The molecule has 0 fully saturated rings. The first-order valence-corrected chi connectivity index (χ1v) is 7.22. The fourth-order valence-electron chi connectivity index (χ4n) is 1.60. The number of hydrogen-bond acceptors (Lipinski definition) is 2. The summed E-state index contributed by atoms with van der Waals surface area (Å²) >= 11 is 6.86. The van der Waals surface area contributed by atoms with Gasteiger partial charge in [-0.2, -0.15) is 0 Å². The van der Waals surface area contributed by atoms with E-state index in [0.717, 1.165) is 32.1 Å². The fourth-order valence-corrected chi connectivity index (χ4v) is 2.24. The number of phenols is 2. The van der Waals surface area contributed by atoms with Gasteiger partial charge in [-0.1, -0.05) is 50.8 Å². The zero-order valence-electron chi connectivity index (χ0n) is 9.00. The smallest absolute Gasteiger partial charge is 0.122 e. The first-order valence-electron chi connectivity index (χ1n) is 5.39. The second-order valence-corrected chi connectivity index (χ2v) is 7.20. The van der Waals surface area contributed by atoms with Crippen molar-refractivity contribution in [3.8, 4) is 11.5 Å². The number of unbranched alkanes of at least 4 members (excludes halogenated alkanes) is 2. The van der Waals surface area contributed by atoms with Crippen LogP contribution in [0.4, 0.5) is 0 Å². The predicted molar refractivity (Wildman–Crippen MR) is 73.6 cm³/mol. The van der Waals surface area contributed by atoms with Gasteiger partial charge in [0.25, 0.3) is 0 Å². The van der Waals surface area contributed by atoms with Crippen molar-refractivity contribution in [2.75, 3.05) is 0 Å². The summed E-state index contributed by atoms with van der Waals surface area (Å²) in [6, 6.07) is 4.87. The molecule has 0 aromatic heterocycles. The number of aromatic hydroxyl groups is 2. The number of hydrogen-bond donors (Lipinski definition) is 2. The van der Waals surface area contributed by atoms with Gasteiger partial charge in [0, 0.05) is 5.56 Å². The average molecular weight is 352 g/mol. The molecule has 1 aromatic rings. The molecule has 1 rings (SSSR count). The number of benzene rings is 1. The van der Waals surface area contributed by atoms with Gasteiger partial charge in [0.05, 0.1) is 3.74 Å². The van der Waals surface area contributed by atoms with Crippen LogP contribution in [0.5, 0.6) is 11.5 Å². The van der Waals surface area contributed by atoms with Crippen LogP contribution >= 0.6 is 31.9 Å². The minimum absolute atomic E-state index is 0.193. The minimum Gasteiger partial charge on any atom is -0.508 e. The van der Waals surface area contributed by atoms with Crippen LogP contribution in [-0.4, -0.2) is 13.9 Å². The largest absolute Gasteiger partial charge is 0.508 e. The predicted octanol–water partition coefficient (Wildman–Crippen LogP) is 4.32. The van der Waals surface area contributed by atoms with Gasteiger partial charge >= 0.3 is 0 Å². The number of alkyl halides is 2. The molecule has 0 atom stereocenters. The van der Waals surface area contributed by atoms with Crippen molar-refractivity contribution in [1.29, 1.82) is 0 Å². The van der Waals surface area contributed by atoms with Crippen molar-refractivity contribution in [3.05, 3.63) is 23.8 Å². The van der Waals surface area contributed by atoms with E-state index in [1.165, 1.54) is 0 Å². The molecule has 0 aliphatic heterocycles. The fraction of sp³-hybridized carbons (Fsp3) is 0.500. The van der Waals surface area contributed by atoms with Gasteiger partial charge in [-0.3, -0.25) is 0 Å². The van der Waals surface area contributed by atoms with Crippen LogP contribution in [0.25, 0.3) is 0 Å². The molecule has 0 amide bonds. The molecule has 0 aliphatic carbocycles. The lowest BCUT2D eigenvalue weighted by Crippen LogP contribution is -1.90. The lowest BCUT2D eigenvalue weighted by atomic mass is 10.0. The third-order valence-corrected chi connectivity index (χ3v) is 3.39. The molecule has 2 N–H and O–H groups in total. The van der Waals surface area contributed by atoms with Gasteiger partial charge in [-0.15, -0.1) is 0 Å². The molecule has 0 spiro atoms. The van der Waals surface area contributed by atoms with E-state index < -0.39 is 0 Å². The first kappa shape index (κ1) is 13.8. The van der Waals surface area contributed by atoms with Gasteiger partial charge in [-0.25, -0.2) is 0 Å². The Hall–Kier alpha value is -0.220. The van der Waals surface area contributed by atoms with E-state index in [1.807, 2.05) is 0 Å². The quantitative estimate of drug-likeness (QED) is 0.592. The van der Waals surface area contributed by atoms with Gasteiger partial charge in [-0.05, 0) is 31.4 Å². The molecule has 16 heavy (non-hydrogen) atoms. The van der Waals surface area contributed by atoms with Crippen LogP contribution < -0.4 is 0 Å². The zero-order chi connectivity index (χ0) is 12.0. The van der Waals surface area contributed by atoms with E-state index in [2.05, 4.69) is 31.9 Å². The van der Waals surface area contributed by atoms with E-state index in [9.17, 15) is 10.2 Å². The summed E-state index contributed by atoms with van der Waals surface area (Å²) in [5, 5.41) is 19.1. The highest BCUT2D eigenvalue weighted by molar-refractivity contribution is 9.24. The van der Waals surface area contributed by atoms with Gasteiger partial charge in [0.1, 0.15) is 11.5 Å². The topological polar surface area (TPSA) is 40.5 Å². The molecule has 90 valence electrons. The number of phenolic OH excluding ortho intramolecular Hbond substituents is 2. The van der Waals surface area contributed by atoms with Crippen molar-refractivity contribution in [3.63, 3.8) is 0 Å². The van der Waals surface area contributed by atoms with Crippen LogP contribution in [0, 0.1) is 0 Å². The summed E-state index contributed by atoms with van der Waals surface area (Å²) < 4.78 is 0.388. The zero-order valence-corrected chi connectivity index (χ0v) is 12.2. The van der Waals surface area contributed by atoms with Crippen LogP contribution in [0.1, 0.15) is 31.2 Å². The van der Waals surface area contributed by atoms with Crippen molar-refractivity contribution in [2.24, 2.45) is 0 Å². The second kappa shape index (κ2) is 7.17. The third-order valence-electron chi connectivity index (χ3n) is 2.48. The Bertz CT molecular complexity index is 307. The Morgan fingerprint density at radius 1 is 1.00 bits per heavy atom. The number of rotatable bonds is 6. The molecule has 0 saturated carbocycles. The maximum atomic E-state index is 9.56. The highest BCUT2D eigenvalue weighted by atomic mass is 79.9. The molecule has 0 unspecified atom stereocenters. The summed E-state index contributed by atoms with van der Waals surface area (Å²) in [5.41, 5.74) is 0.664. The molecule has 0 heterocycles. The Kier molecular flexibility index (Phi) is 6.21. The Balaban J connectivity index is 2.32. The Morgan fingerprint density at radius 2 is 1.62 bits per heavy atom. The van der Waals surface area contributed by atoms with E-state index in [0.29, 0.717) is 9.30 Å². The molecule has 0 aliphatic rings. The summed E-state index contributed by atoms with van der Waals surface area (Å²) in [4.78, 5) is 0. The van der Waals surface area contributed by atoms with Crippen molar-refractivity contribution >= 4 is 31.9 Å². The highest BCUT2D eigenvalue weighted by Gasteiger charge is 2.06. The summed E-state index contributed by atoms with van der Waals surface area (Å²) in [5.74, 6) is 0.387. The maximum Gasteiger partial charge on any atom is 0.122 e. The first-order chi connectivity index (χ1) is 7.61. The SMILES string of the molecule is Oc1cccc(O)c1CCCCCC(Br)Br. The molecule has 0 bridgehead atoms. The molecular weight excluding hydrogens is 336 g/mol. The monoisotopic (exact) mass is 350 g/mol. The summed E-state index contributed by atoms with van der Waals surface area (Å²) in [6.07, 6.45) is 5.04. The molecule has 2 nitrogen and oxygen atoms in total. The van der Waals surface area contributed by atoms with Gasteiger partial charge in [0.15, 0.2) is 0 Å². The molecule has 4 heteroatoms. The molecule has 0 saturated heterocycles. The Labute approximate surface area is 113 Å². The number of halogens is 2. The van der Waals surface area contributed by atoms with E-state index in [4.69, 9.17) is 0 Å². The molecular formula is C12H16Br2O2. The second-order valence-electron chi connectivity index (χ2n) is 3.77. The van der Waals surface area contributed by atoms with Crippen LogP contribution in [-0.2, 0) is 6.42 Å². The van der Waals surface area contributed by atoms with E-state index in [1.54, 1.807) is 18.2 Å². The van der Waals surface area contributed by atoms with Crippen molar-refractivity contribution in [1.82, 2.24) is 0 Å². The highest BCUT2D eigenvalue weighted by Crippen LogP contribution is 2.28. The summed E-state index contributed by atoms with van der Waals surface area (Å²) in [7, 11) is 0. The summed E-state index contributed by atoms with van der Waals surface area (Å²) in [6.45, 7) is 0. The van der Waals surface area contributed by atoms with Crippen LogP contribution in [0.15, 0.2) is 18.2 Å². The van der Waals surface area contributed by atoms with Crippen LogP contribution in [0.2, 0.25) is 0 Å². The third kappa shape index (κ3) is 4.74. The van der Waals surface area contributed by atoms with Crippen LogP contribution in [0.3, 0.4) is 0 Å². The lowest BCUT2D eigenvalue weighted by Gasteiger charge is -2.07. The maximum absolute atomic E-state index is 9.56. The van der Waals surface area contributed by atoms with Gasteiger partial charge in [0.2, 0.25) is 0 Å². The van der Waals surface area contributed by atoms with E-state index >= 15 is 0 Å². The molecule has 1 aromatic carbocycles. The standard InChI is InChI=1S/C12H16Br2O2/c13-12(14)8-3-1-2-5-9-10(15)6-4-7-11(9)16/h4,6-7,12,15-16H,1-3,5,8H2. The van der Waals surface area contributed by atoms with E-state index in [-0.39, 0.29) is 11.5 Å². The molecule has 0 radical (unpaired) electrons. The Morgan fingerprint density at radius 3 is 2.19 bits per heavy atom. The van der Waals surface area contributed by atoms with Gasteiger partial charge < -0.3 is 10.2 Å². The van der Waals surface area contributed by atoms with Crippen molar-refractivity contribution in [2.45, 2.75) is 35.8 Å². The van der Waals surface area contributed by atoms with Crippen molar-refractivity contribution < 1.29 is 10.2 Å².